The highest BCUT2D eigenvalue weighted by Gasteiger charge is 2.15. The molecule has 0 saturated heterocycles. The third kappa shape index (κ3) is 2.61. The van der Waals surface area contributed by atoms with Crippen molar-refractivity contribution in [1.82, 2.24) is 19.1 Å². The molecule has 0 atom stereocenters. The van der Waals surface area contributed by atoms with E-state index in [9.17, 15) is 18.4 Å². The molecule has 8 nitrogen and oxygen atoms in total. The Morgan fingerprint density at radius 2 is 2.04 bits per heavy atom. The van der Waals surface area contributed by atoms with Crippen molar-refractivity contribution in [2.75, 3.05) is 5.32 Å². The minimum atomic E-state index is -1.08. The zero-order valence-corrected chi connectivity index (χ0v) is 13.4. The molecule has 3 aromatic heterocycles. The SMILES string of the molecule is Cn1ccc2ncn(CC(=O)Nc3nc4cc(F)c(F)cc4o3)c2c1=O. The summed E-state index contributed by atoms with van der Waals surface area (Å²) < 4.78 is 34.4. The highest BCUT2D eigenvalue weighted by atomic mass is 19.2. The molecule has 0 aliphatic carbocycles. The molecular weight excluding hydrogens is 348 g/mol. The van der Waals surface area contributed by atoms with Crippen LogP contribution in [0.5, 0.6) is 0 Å². The number of aryl methyl sites for hydroxylation is 1. The summed E-state index contributed by atoms with van der Waals surface area (Å²) in [5.74, 6) is -2.68. The van der Waals surface area contributed by atoms with Crippen LogP contribution in [0.25, 0.3) is 22.1 Å². The lowest BCUT2D eigenvalue weighted by atomic mass is 10.3. The second-order valence-electron chi connectivity index (χ2n) is 5.64. The van der Waals surface area contributed by atoms with E-state index in [1.807, 2.05) is 0 Å². The lowest BCUT2D eigenvalue weighted by Crippen LogP contribution is -2.23. The van der Waals surface area contributed by atoms with E-state index in [0.717, 1.165) is 12.1 Å². The van der Waals surface area contributed by atoms with Crippen LogP contribution in [-0.4, -0.2) is 25.0 Å². The van der Waals surface area contributed by atoms with Crippen molar-refractivity contribution in [1.29, 1.82) is 0 Å². The number of nitrogens with zero attached hydrogens (tertiary/aromatic N) is 4. The van der Waals surface area contributed by atoms with Crippen molar-refractivity contribution in [3.8, 4) is 0 Å². The number of amides is 1. The molecule has 0 saturated carbocycles. The highest BCUT2D eigenvalue weighted by Crippen LogP contribution is 2.21. The van der Waals surface area contributed by atoms with Gasteiger partial charge in [-0.2, -0.15) is 4.98 Å². The van der Waals surface area contributed by atoms with Gasteiger partial charge in [-0.3, -0.25) is 14.9 Å². The standard InChI is InChI=1S/C16H11F2N5O3/c1-22-3-2-10-14(15(22)25)23(7-19-10)6-13(24)21-16-20-11-4-8(17)9(18)5-12(11)26-16/h2-5,7H,6H2,1H3,(H,20,21,24). The molecule has 0 spiro atoms. The third-order valence-electron chi connectivity index (χ3n) is 3.84. The fraction of sp³-hybridized carbons (Fsp3) is 0.125. The van der Waals surface area contributed by atoms with Crippen LogP contribution in [0.3, 0.4) is 0 Å². The summed E-state index contributed by atoms with van der Waals surface area (Å²) in [5, 5.41) is 2.39. The molecule has 10 heteroatoms. The van der Waals surface area contributed by atoms with E-state index in [1.54, 1.807) is 19.3 Å². The van der Waals surface area contributed by atoms with Gasteiger partial charge in [0.25, 0.3) is 5.56 Å². The number of hydrogen-bond acceptors (Lipinski definition) is 5. The second kappa shape index (κ2) is 5.76. The second-order valence-corrected chi connectivity index (χ2v) is 5.64. The first-order valence-electron chi connectivity index (χ1n) is 7.48. The summed E-state index contributed by atoms with van der Waals surface area (Å²) >= 11 is 0. The number of carbonyl (C=O) groups excluding carboxylic acids is 1. The molecule has 0 unspecified atom stereocenters. The summed E-state index contributed by atoms with van der Waals surface area (Å²) in [6.45, 7) is -0.211. The van der Waals surface area contributed by atoms with Crippen LogP contribution in [0.1, 0.15) is 0 Å². The van der Waals surface area contributed by atoms with Crippen LogP contribution in [-0.2, 0) is 18.4 Å². The summed E-state index contributed by atoms with van der Waals surface area (Å²) in [4.78, 5) is 32.4. The number of oxazole rings is 1. The number of fused-ring (bicyclic) bond motifs is 2. The predicted octanol–water partition coefficient (Wildman–Crippen LogP) is 1.79. The Hall–Kier alpha value is -3.56. The number of benzene rings is 1. The minimum Gasteiger partial charge on any atom is -0.423 e. The average Bonchev–Trinajstić information content (AvgIpc) is 3.15. The van der Waals surface area contributed by atoms with E-state index in [-0.39, 0.29) is 34.7 Å². The smallest absolute Gasteiger partial charge is 0.302 e. The number of anilines is 1. The fourth-order valence-electron chi connectivity index (χ4n) is 2.58. The molecule has 0 radical (unpaired) electrons. The largest absolute Gasteiger partial charge is 0.423 e. The van der Waals surface area contributed by atoms with E-state index >= 15 is 0 Å². The van der Waals surface area contributed by atoms with Gasteiger partial charge in [0.2, 0.25) is 5.91 Å². The molecule has 132 valence electrons. The van der Waals surface area contributed by atoms with E-state index < -0.39 is 17.5 Å². The number of imidazole rings is 1. The van der Waals surface area contributed by atoms with Gasteiger partial charge in [0, 0.05) is 25.4 Å². The maximum absolute atomic E-state index is 13.2. The summed E-state index contributed by atoms with van der Waals surface area (Å²) in [7, 11) is 1.59. The Morgan fingerprint density at radius 3 is 2.85 bits per heavy atom. The summed E-state index contributed by atoms with van der Waals surface area (Å²) in [6.07, 6.45) is 2.96. The van der Waals surface area contributed by atoms with Gasteiger partial charge >= 0.3 is 6.01 Å². The number of halogens is 2. The van der Waals surface area contributed by atoms with Crippen LogP contribution in [0.15, 0.2) is 39.9 Å². The van der Waals surface area contributed by atoms with Gasteiger partial charge in [0.15, 0.2) is 17.2 Å². The number of aromatic nitrogens is 4. The number of hydrogen-bond donors (Lipinski definition) is 1. The Morgan fingerprint density at radius 1 is 1.27 bits per heavy atom. The van der Waals surface area contributed by atoms with Crippen LogP contribution in [0.2, 0.25) is 0 Å². The first kappa shape index (κ1) is 15.9. The first-order chi connectivity index (χ1) is 12.4. The van der Waals surface area contributed by atoms with E-state index in [2.05, 4.69) is 15.3 Å². The molecule has 1 aromatic carbocycles. The lowest BCUT2D eigenvalue weighted by Gasteiger charge is -2.04. The number of nitrogens with one attached hydrogen (secondary N) is 1. The van der Waals surface area contributed by atoms with Crippen molar-refractivity contribution in [3.05, 3.63) is 52.7 Å². The Bertz CT molecular complexity index is 1190. The van der Waals surface area contributed by atoms with E-state index in [4.69, 9.17) is 4.42 Å². The first-order valence-corrected chi connectivity index (χ1v) is 7.48. The van der Waals surface area contributed by atoms with E-state index in [0.29, 0.717) is 5.52 Å². The highest BCUT2D eigenvalue weighted by molar-refractivity contribution is 5.90. The fourth-order valence-corrected chi connectivity index (χ4v) is 2.58. The van der Waals surface area contributed by atoms with Crippen LogP contribution in [0.4, 0.5) is 14.8 Å². The topological polar surface area (TPSA) is 95.0 Å². The monoisotopic (exact) mass is 359 g/mol. The zero-order valence-electron chi connectivity index (χ0n) is 13.4. The average molecular weight is 359 g/mol. The van der Waals surface area contributed by atoms with Crippen LogP contribution < -0.4 is 10.9 Å². The molecule has 0 aliphatic heterocycles. The van der Waals surface area contributed by atoms with Crippen molar-refractivity contribution in [3.63, 3.8) is 0 Å². The van der Waals surface area contributed by atoms with Crippen molar-refractivity contribution < 1.29 is 18.0 Å². The number of rotatable bonds is 3. The molecule has 26 heavy (non-hydrogen) atoms. The quantitative estimate of drug-likeness (QED) is 0.602. The molecule has 0 bridgehead atoms. The van der Waals surface area contributed by atoms with Gasteiger partial charge in [-0.1, -0.05) is 0 Å². The minimum absolute atomic E-state index is 0.00106. The number of pyridine rings is 1. The maximum Gasteiger partial charge on any atom is 0.302 e. The lowest BCUT2D eigenvalue weighted by molar-refractivity contribution is -0.116. The van der Waals surface area contributed by atoms with Gasteiger partial charge in [-0.05, 0) is 6.07 Å². The normalized spacial score (nSPS) is 11.3. The molecule has 4 rings (SSSR count). The maximum atomic E-state index is 13.2. The predicted molar refractivity (Wildman–Crippen MR) is 87.5 cm³/mol. The van der Waals surface area contributed by atoms with Crippen molar-refractivity contribution in [2.45, 2.75) is 6.54 Å². The van der Waals surface area contributed by atoms with Gasteiger partial charge in [0.1, 0.15) is 17.6 Å². The van der Waals surface area contributed by atoms with Crippen molar-refractivity contribution in [2.24, 2.45) is 7.05 Å². The third-order valence-corrected chi connectivity index (χ3v) is 3.84. The zero-order chi connectivity index (χ0) is 18.4. The molecule has 3 heterocycles. The van der Waals surface area contributed by atoms with Crippen LogP contribution >= 0.6 is 0 Å². The van der Waals surface area contributed by atoms with Crippen LogP contribution in [0, 0.1) is 11.6 Å². The number of carbonyl (C=O) groups is 1. The molecular formula is C16H11F2N5O3. The van der Waals surface area contributed by atoms with Gasteiger partial charge < -0.3 is 13.6 Å². The molecule has 1 N–H and O–H groups in total. The Labute approximate surface area is 143 Å². The summed E-state index contributed by atoms with van der Waals surface area (Å²) in [5.41, 5.74) is 0.531. The summed E-state index contributed by atoms with van der Waals surface area (Å²) in [6, 6.07) is 3.18. The van der Waals surface area contributed by atoms with Gasteiger partial charge in [-0.15, -0.1) is 0 Å². The van der Waals surface area contributed by atoms with E-state index in [1.165, 1.54) is 15.5 Å². The molecule has 4 aromatic rings. The van der Waals surface area contributed by atoms with Gasteiger partial charge in [-0.25, -0.2) is 13.8 Å². The van der Waals surface area contributed by atoms with Gasteiger partial charge in [0.05, 0.1) is 11.8 Å². The Balaban J connectivity index is 1.60. The Kier molecular flexibility index (Phi) is 3.53. The molecule has 0 fully saturated rings. The molecule has 1 amide bonds. The van der Waals surface area contributed by atoms with Crippen molar-refractivity contribution >= 4 is 34.1 Å². The molecule has 0 aliphatic rings.